The van der Waals surface area contributed by atoms with E-state index >= 15 is 0 Å². The molecule has 0 fully saturated rings. The van der Waals surface area contributed by atoms with E-state index in [4.69, 9.17) is 9.47 Å². The Labute approximate surface area is 140 Å². The van der Waals surface area contributed by atoms with Gasteiger partial charge in [-0.05, 0) is 18.8 Å². The summed E-state index contributed by atoms with van der Waals surface area (Å²) in [5.74, 6) is -0.117. The largest absolute Gasteiger partial charge is 0.465 e. The molecule has 132 valence electrons. The van der Waals surface area contributed by atoms with Crippen molar-refractivity contribution in [1.29, 1.82) is 0 Å². The first-order chi connectivity index (χ1) is 11.1. The van der Waals surface area contributed by atoms with E-state index in [-0.39, 0.29) is 30.9 Å². The van der Waals surface area contributed by atoms with E-state index in [1.54, 1.807) is 12.2 Å². The normalized spacial score (nSPS) is 13.0. The van der Waals surface area contributed by atoms with Crippen LogP contribution in [0, 0.1) is 5.92 Å². The minimum absolute atomic E-state index is 0.212. The van der Waals surface area contributed by atoms with E-state index in [0.717, 1.165) is 25.7 Å². The van der Waals surface area contributed by atoms with Crippen LogP contribution >= 0.6 is 0 Å². The van der Waals surface area contributed by atoms with Crippen LogP contribution in [-0.2, 0) is 19.1 Å². The molecule has 2 atom stereocenters. The molecule has 0 spiro atoms. The van der Waals surface area contributed by atoms with Gasteiger partial charge < -0.3 is 9.47 Å². The van der Waals surface area contributed by atoms with Crippen molar-refractivity contribution in [2.24, 2.45) is 5.92 Å². The molecule has 0 bridgehead atoms. The van der Waals surface area contributed by atoms with Gasteiger partial charge >= 0.3 is 11.9 Å². The zero-order valence-corrected chi connectivity index (χ0v) is 14.7. The standard InChI is InChI=1S/C19H32O4/c1-5-9-12-16(7-3)15-22-18(20)13-10-14-19(21)23-17(8-4)11-6-2/h6,8,16-17H,2,4-5,7,9-15H2,1,3H3. The molecule has 0 aromatic carbocycles. The SMILES string of the molecule is C=CCC(C=C)OC(=O)CCCC(=O)OCC(CC)CCCC. The van der Waals surface area contributed by atoms with Gasteiger partial charge in [0.25, 0.3) is 0 Å². The van der Waals surface area contributed by atoms with Crippen molar-refractivity contribution in [3.05, 3.63) is 25.3 Å². The summed E-state index contributed by atoms with van der Waals surface area (Å²) in [7, 11) is 0. The van der Waals surface area contributed by atoms with Gasteiger partial charge in [0, 0.05) is 19.3 Å². The van der Waals surface area contributed by atoms with E-state index in [0.29, 0.717) is 25.4 Å². The van der Waals surface area contributed by atoms with Crippen molar-refractivity contribution in [3.63, 3.8) is 0 Å². The predicted octanol–water partition coefficient (Wildman–Crippen LogP) is 4.59. The number of ether oxygens (including phenoxy) is 2. The number of hydrogen-bond acceptors (Lipinski definition) is 4. The Hall–Kier alpha value is -1.58. The number of esters is 2. The maximum atomic E-state index is 11.7. The van der Waals surface area contributed by atoms with Crippen molar-refractivity contribution in [2.45, 2.75) is 71.3 Å². The molecule has 0 aliphatic heterocycles. The van der Waals surface area contributed by atoms with Gasteiger partial charge in [-0.25, -0.2) is 0 Å². The molecular formula is C19H32O4. The fourth-order valence-electron chi connectivity index (χ4n) is 2.14. The Morgan fingerprint density at radius 3 is 2.35 bits per heavy atom. The maximum absolute atomic E-state index is 11.7. The molecule has 0 saturated carbocycles. The first-order valence-corrected chi connectivity index (χ1v) is 8.65. The summed E-state index contributed by atoms with van der Waals surface area (Å²) < 4.78 is 10.5. The third kappa shape index (κ3) is 11.6. The lowest BCUT2D eigenvalue weighted by Crippen LogP contribution is -2.16. The highest BCUT2D eigenvalue weighted by atomic mass is 16.5. The Balaban J connectivity index is 3.86. The third-order valence-corrected chi connectivity index (χ3v) is 3.73. The Bertz CT molecular complexity index is 362. The molecule has 0 aromatic rings. The first kappa shape index (κ1) is 21.4. The van der Waals surface area contributed by atoms with Crippen LogP contribution in [0.1, 0.15) is 65.2 Å². The summed E-state index contributed by atoms with van der Waals surface area (Å²) in [5, 5.41) is 0. The van der Waals surface area contributed by atoms with E-state index in [9.17, 15) is 9.59 Å². The zero-order chi connectivity index (χ0) is 17.5. The Kier molecular flexibility index (Phi) is 13.1. The predicted molar refractivity (Wildman–Crippen MR) is 93.0 cm³/mol. The second-order valence-corrected chi connectivity index (χ2v) is 5.74. The van der Waals surface area contributed by atoms with Crippen molar-refractivity contribution in [2.75, 3.05) is 6.61 Å². The molecule has 0 N–H and O–H groups in total. The number of carbonyl (C=O) groups is 2. The van der Waals surface area contributed by atoms with Gasteiger partial charge in [-0.1, -0.05) is 51.8 Å². The quantitative estimate of drug-likeness (QED) is 0.346. The minimum Gasteiger partial charge on any atom is -0.465 e. The van der Waals surface area contributed by atoms with Gasteiger partial charge in [-0.15, -0.1) is 6.58 Å². The molecule has 0 rings (SSSR count). The number of rotatable bonds is 14. The monoisotopic (exact) mass is 324 g/mol. The average Bonchev–Trinajstić information content (AvgIpc) is 2.54. The number of carbonyl (C=O) groups excluding carboxylic acids is 2. The van der Waals surface area contributed by atoms with Gasteiger partial charge in [0.2, 0.25) is 0 Å². The number of hydrogen-bond donors (Lipinski definition) is 0. The van der Waals surface area contributed by atoms with Gasteiger partial charge in [0.05, 0.1) is 6.61 Å². The highest BCUT2D eigenvalue weighted by molar-refractivity contribution is 5.72. The summed E-state index contributed by atoms with van der Waals surface area (Å²) in [4.78, 5) is 23.3. The molecule has 2 unspecified atom stereocenters. The fourth-order valence-corrected chi connectivity index (χ4v) is 2.14. The van der Waals surface area contributed by atoms with E-state index in [2.05, 4.69) is 27.0 Å². The van der Waals surface area contributed by atoms with Crippen LogP contribution in [0.15, 0.2) is 25.3 Å². The lowest BCUT2D eigenvalue weighted by atomic mass is 10.0. The van der Waals surface area contributed by atoms with Gasteiger partial charge in [-0.3, -0.25) is 9.59 Å². The minimum atomic E-state index is -0.337. The highest BCUT2D eigenvalue weighted by Gasteiger charge is 2.13. The number of unbranched alkanes of at least 4 members (excludes halogenated alkanes) is 1. The molecule has 4 nitrogen and oxygen atoms in total. The van der Waals surface area contributed by atoms with E-state index in [1.807, 2.05) is 0 Å². The smallest absolute Gasteiger partial charge is 0.306 e. The van der Waals surface area contributed by atoms with Crippen LogP contribution in [0.25, 0.3) is 0 Å². The average molecular weight is 324 g/mol. The molecule has 4 heteroatoms. The van der Waals surface area contributed by atoms with Crippen LogP contribution in [0.4, 0.5) is 0 Å². The molecule has 0 aliphatic carbocycles. The van der Waals surface area contributed by atoms with Gasteiger partial charge in [-0.2, -0.15) is 0 Å². The topological polar surface area (TPSA) is 52.6 Å². The Morgan fingerprint density at radius 2 is 1.78 bits per heavy atom. The lowest BCUT2D eigenvalue weighted by molar-refractivity contribution is -0.148. The molecule has 23 heavy (non-hydrogen) atoms. The zero-order valence-electron chi connectivity index (χ0n) is 14.7. The molecular weight excluding hydrogens is 292 g/mol. The van der Waals surface area contributed by atoms with Crippen LogP contribution in [-0.4, -0.2) is 24.6 Å². The summed E-state index contributed by atoms with van der Waals surface area (Å²) in [5.41, 5.74) is 0. The highest BCUT2D eigenvalue weighted by Crippen LogP contribution is 2.13. The lowest BCUT2D eigenvalue weighted by Gasteiger charge is -2.14. The third-order valence-electron chi connectivity index (χ3n) is 3.73. The molecule has 0 radical (unpaired) electrons. The second-order valence-electron chi connectivity index (χ2n) is 5.74. The van der Waals surface area contributed by atoms with Gasteiger partial charge in [0.1, 0.15) is 6.10 Å². The Morgan fingerprint density at radius 1 is 1.09 bits per heavy atom. The summed E-state index contributed by atoms with van der Waals surface area (Å²) in [6.07, 6.45) is 8.81. The van der Waals surface area contributed by atoms with Crippen LogP contribution in [0.3, 0.4) is 0 Å². The van der Waals surface area contributed by atoms with Crippen molar-refractivity contribution < 1.29 is 19.1 Å². The van der Waals surface area contributed by atoms with Crippen molar-refractivity contribution in [1.82, 2.24) is 0 Å². The molecule has 0 saturated heterocycles. The van der Waals surface area contributed by atoms with Gasteiger partial charge in [0.15, 0.2) is 0 Å². The van der Waals surface area contributed by atoms with E-state index in [1.165, 1.54) is 0 Å². The first-order valence-electron chi connectivity index (χ1n) is 8.65. The second kappa shape index (κ2) is 14.0. The molecule has 0 aromatic heterocycles. The summed E-state index contributed by atoms with van der Waals surface area (Å²) >= 11 is 0. The fraction of sp³-hybridized carbons (Fsp3) is 0.684. The molecule has 0 aliphatic rings. The van der Waals surface area contributed by atoms with Crippen molar-refractivity contribution in [3.8, 4) is 0 Å². The summed E-state index contributed by atoms with van der Waals surface area (Å²) in [6.45, 7) is 12.0. The van der Waals surface area contributed by atoms with Crippen LogP contribution in [0.5, 0.6) is 0 Å². The van der Waals surface area contributed by atoms with Crippen molar-refractivity contribution >= 4 is 11.9 Å². The van der Waals surface area contributed by atoms with E-state index < -0.39 is 0 Å². The molecule has 0 amide bonds. The summed E-state index contributed by atoms with van der Waals surface area (Å²) in [6, 6.07) is 0. The van der Waals surface area contributed by atoms with Crippen LogP contribution in [0.2, 0.25) is 0 Å². The van der Waals surface area contributed by atoms with Crippen LogP contribution < -0.4 is 0 Å². The maximum Gasteiger partial charge on any atom is 0.306 e. The molecule has 0 heterocycles.